The largest absolute Gasteiger partial charge is 0.352 e. The molecule has 0 spiro atoms. The number of aryl methyl sites for hydroxylation is 2. The lowest BCUT2D eigenvalue weighted by Gasteiger charge is -2.12. The van der Waals surface area contributed by atoms with Crippen LogP contribution in [0.25, 0.3) is 10.9 Å². The Morgan fingerprint density at radius 3 is 2.60 bits per heavy atom. The van der Waals surface area contributed by atoms with E-state index in [9.17, 15) is 13.2 Å². The van der Waals surface area contributed by atoms with Gasteiger partial charge in [0.2, 0.25) is 5.91 Å². The molecule has 0 aliphatic heterocycles. The molecule has 4 rings (SSSR count). The van der Waals surface area contributed by atoms with Crippen molar-refractivity contribution in [2.45, 2.75) is 62.8 Å². The van der Waals surface area contributed by atoms with E-state index < -0.39 is 9.84 Å². The van der Waals surface area contributed by atoms with Gasteiger partial charge < -0.3 is 9.88 Å². The molecule has 1 aromatic heterocycles. The number of nitrogens with zero attached hydrogens (tertiary/aromatic N) is 1. The topological polar surface area (TPSA) is 68.2 Å². The fourth-order valence-electron chi connectivity index (χ4n) is 4.33. The predicted molar refractivity (Wildman–Crippen MR) is 119 cm³/mol. The van der Waals surface area contributed by atoms with Crippen LogP contribution >= 0.6 is 0 Å². The molecular formula is C24H28N2O3S. The summed E-state index contributed by atoms with van der Waals surface area (Å²) in [6.07, 6.45) is 5.97. The summed E-state index contributed by atoms with van der Waals surface area (Å²) in [7, 11) is -3.57. The van der Waals surface area contributed by atoms with Crippen LogP contribution < -0.4 is 5.32 Å². The SMILES string of the molecule is Cc1ccc(C)c(CS(=O)(=O)c2cn(CC(=O)NC3CCCC3)c3ccccc23)c1. The predicted octanol–water partition coefficient (Wildman–Crippen LogP) is 4.29. The van der Waals surface area contributed by atoms with E-state index in [0.717, 1.165) is 47.9 Å². The minimum atomic E-state index is -3.57. The first-order valence-electron chi connectivity index (χ1n) is 10.5. The van der Waals surface area contributed by atoms with Gasteiger partial charge in [0.15, 0.2) is 9.84 Å². The number of carbonyl (C=O) groups excluding carboxylic acids is 1. The molecule has 6 heteroatoms. The molecule has 1 heterocycles. The van der Waals surface area contributed by atoms with Gasteiger partial charge in [0, 0.05) is 23.1 Å². The van der Waals surface area contributed by atoms with Crippen LogP contribution in [-0.2, 0) is 26.9 Å². The molecule has 5 nitrogen and oxygen atoms in total. The van der Waals surface area contributed by atoms with Gasteiger partial charge in [-0.2, -0.15) is 0 Å². The van der Waals surface area contributed by atoms with E-state index in [-0.39, 0.29) is 29.1 Å². The Morgan fingerprint density at radius 2 is 1.83 bits per heavy atom. The molecule has 1 N–H and O–H groups in total. The normalized spacial score (nSPS) is 15.0. The number of hydrogen-bond acceptors (Lipinski definition) is 3. The third-order valence-corrected chi connectivity index (χ3v) is 7.66. The summed E-state index contributed by atoms with van der Waals surface area (Å²) in [4.78, 5) is 12.8. The average Bonchev–Trinajstić information content (AvgIpc) is 3.33. The van der Waals surface area contributed by atoms with Crippen LogP contribution in [0.5, 0.6) is 0 Å². The first kappa shape index (κ1) is 20.7. The van der Waals surface area contributed by atoms with Gasteiger partial charge in [-0.3, -0.25) is 4.79 Å². The molecule has 1 aliphatic rings. The lowest BCUT2D eigenvalue weighted by Crippen LogP contribution is -2.35. The molecule has 2 aromatic carbocycles. The number of aromatic nitrogens is 1. The van der Waals surface area contributed by atoms with Crippen molar-refractivity contribution < 1.29 is 13.2 Å². The molecule has 0 atom stereocenters. The van der Waals surface area contributed by atoms with E-state index in [2.05, 4.69) is 5.32 Å². The van der Waals surface area contributed by atoms with Crippen LogP contribution in [0.4, 0.5) is 0 Å². The van der Waals surface area contributed by atoms with E-state index in [1.807, 2.05) is 56.3 Å². The minimum Gasteiger partial charge on any atom is -0.352 e. The van der Waals surface area contributed by atoms with E-state index in [1.165, 1.54) is 0 Å². The fraction of sp³-hybridized carbons (Fsp3) is 0.375. The molecular weight excluding hydrogens is 396 g/mol. The number of rotatable bonds is 6. The van der Waals surface area contributed by atoms with Crippen molar-refractivity contribution in [3.63, 3.8) is 0 Å². The Morgan fingerprint density at radius 1 is 1.10 bits per heavy atom. The van der Waals surface area contributed by atoms with Crippen molar-refractivity contribution in [1.82, 2.24) is 9.88 Å². The van der Waals surface area contributed by atoms with Gasteiger partial charge in [0.25, 0.3) is 0 Å². The van der Waals surface area contributed by atoms with Crippen molar-refractivity contribution in [2.24, 2.45) is 0 Å². The maximum atomic E-state index is 13.3. The van der Waals surface area contributed by atoms with Gasteiger partial charge in [0.1, 0.15) is 6.54 Å². The van der Waals surface area contributed by atoms with Crippen LogP contribution in [-0.4, -0.2) is 24.9 Å². The first-order valence-corrected chi connectivity index (χ1v) is 12.1. The second kappa shape index (κ2) is 8.26. The van der Waals surface area contributed by atoms with Gasteiger partial charge in [0.05, 0.1) is 10.6 Å². The van der Waals surface area contributed by atoms with Crippen molar-refractivity contribution in [2.75, 3.05) is 0 Å². The van der Waals surface area contributed by atoms with Gasteiger partial charge in [-0.1, -0.05) is 54.8 Å². The van der Waals surface area contributed by atoms with Gasteiger partial charge >= 0.3 is 0 Å². The molecule has 1 amide bonds. The molecule has 0 saturated heterocycles. The zero-order valence-electron chi connectivity index (χ0n) is 17.5. The summed E-state index contributed by atoms with van der Waals surface area (Å²) < 4.78 is 28.4. The average molecular weight is 425 g/mol. The third kappa shape index (κ3) is 4.29. The second-order valence-corrected chi connectivity index (χ2v) is 10.3. The fourth-order valence-corrected chi connectivity index (χ4v) is 6.00. The van der Waals surface area contributed by atoms with Gasteiger partial charge in [-0.05, 0) is 43.9 Å². The number of carbonyl (C=O) groups is 1. The highest BCUT2D eigenvalue weighted by Gasteiger charge is 2.24. The number of nitrogens with one attached hydrogen (secondary N) is 1. The van der Waals surface area contributed by atoms with Gasteiger partial charge in [-0.15, -0.1) is 0 Å². The molecule has 0 radical (unpaired) electrons. The highest BCUT2D eigenvalue weighted by Crippen LogP contribution is 2.29. The Kier molecular flexibility index (Phi) is 5.69. The Balaban J connectivity index is 1.65. The number of amides is 1. The summed E-state index contributed by atoms with van der Waals surface area (Å²) in [5.74, 6) is -0.121. The highest BCUT2D eigenvalue weighted by atomic mass is 32.2. The number of para-hydroxylation sites is 1. The van der Waals surface area contributed by atoms with Crippen LogP contribution in [0.15, 0.2) is 53.6 Å². The molecule has 1 fully saturated rings. The number of fused-ring (bicyclic) bond motifs is 1. The third-order valence-electron chi connectivity index (χ3n) is 5.97. The molecule has 158 valence electrons. The zero-order chi connectivity index (χ0) is 21.3. The summed E-state index contributed by atoms with van der Waals surface area (Å²) in [6, 6.07) is 13.5. The van der Waals surface area contributed by atoms with Crippen LogP contribution in [0.3, 0.4) is 0 Å². The standard InChI is InChI=1S/C24H28N2O3S/c1-17-11-12-18(2)19(13-17)16-30(28,29)23-14-26(22-10-6-5-9-21(22)23)15-24(27)25-20-7-3-4-8-20/h5-6,9-14,20H,3-4,7-8,15-16H2,1-2H3,(H,25,27). The number of hydrogen-bond donors (Lipinski definition) is 1. The monoisotopic (exact) mass is 424 g/mol. The molecule has 0 bridgehead atoms. The number of benzene rings is 2. The number of sulfone groups is 1. The minimum absolute atomic E-state index is 0.0528. The molecule has 1 aliphatic carbocycles. The Bertz CT molecular complexity index is 1190. The molecule has 3 aromatic rings. The van der Waals surface area contributed by atoms with Crippen molar-refractivity contribution in [3.8, 4) is 0 Å². The van der Waals surface area contributed by atoms with Crippen LogP contribution in [0, 0.1) is 13.8 Å². The molecule has 1 saturated carbocycles. The lowest BCUT2D eigenvalue weighted by molar-refractivity contribution is -0.122. The van der Waals surface area contributed by atoms with E-state index in [1.54, 1.807) is 10.8 Å². The maximum absolute atomic E-state index is 13.3. The van der Waals surface area contributed by atoms with Crippen molar-refractivity contribution in [3.05, 3.63) is 65.4 Å². The Hall–Kier alpha value is -2.60. The van der Waals surface area contributed by atoms with E-state index >= 15 is 0 Å². The highest BCUT2D eigenvalue weighted by molar-refractivity contribution is 7.90. The summed E-state index contributed by atoms with van der Waals surface area (Å²) in [5.41, 5.74) is 3.57. The van der Waals surface area contributed by atoms with E-state index in [4.69, 9.17) is 0 Å². The lowest BCUT2D eigenvalue weighted by atomic mass is 10.1. The Labute approximate surface area is 178 Å². The van der Waals surface area contributed by atoms with Crippen molar-refractivity contribution >= 4 is 26.6 Å². The van der Waals surface area contributed by atoms with Gasteiger partial charge in [-0.25, -0.2) is 8.42 Å². The summed E-state index contributed by atoms with van der Waals surface area (Å²) in [6.45, 7) is 4.02. The summed E-state index contributed by atoms with van der Waals surface area (Å²) >= 11 is 0. The summed E-state index contributed by atoms with van der Waals surface area (Å²) in [5, 5.41) is 3.75. The maximum Gasteiger partial charge on any atom is 0.240 e. The second-order valence-electron chi connectivity index (χ2n) is 8.38. The molecule has 0 unspecified atom stereocenters. The smallest absolute Gasteiger partial charge is 0.240 e. The van der Waals surface area contributed by atoms with Crippen LogP contribution in [0.1, 0.15) is 42.4 Å². The zero-order valence-corrected chi connectivity index (χ0v) is 18.3. The van der Waals surface area contributed by atoms with E-state index in [0.29, 0.717) is 5.39 Å². The van der Waals surface area contributed by atoms with Crippen LogP contribution in [0.2, 0.25) is 0 Å². The quantitative estimate of drug-likeness (QED) is 0.642. The van der Waals surface area contributed by atoms with Crippen molar-refractivity contribution in [1.29, 1.82) is 0 Å². The molecule has 30 heavy (non-hydrogen) atoms. The first-order chi connectivity index (χ1) is 14.3.